The van der Waals surface area contributed by atoms with Crippen LogP contribution in [0.25, 0.3) is 0 Å². The van der Waals surface area contributed by atoms with Gasteiger partial charge in [-0.3, -0.25) is 0 Å². The van der Waals surface area contributed by atoms with Gasteiger partial charge in [-0.15, -0.1) is 0 Å². The Morgan fingerprint density at radius 3 is 2.93 bits per heavy atom. The number of benzene rings is 1. The van der Waals surface area contributed by atoms with Crippen molar-refractivity contribution >= 4 is 0 Å². The van der Waals surface area contributed by atoms with E-state index in [1.807, 2.05) is 0 Å². The normalized spacial score (nSPS) is 21.6. The van der Waals surface area contributed by atoms with Crippen molar-refractivity contribution in [3.05, 3.63) is 29.1 Å². The summed E-state index contributed by atoms with van der Waals surface area (Å²) in [4.78, 5) is 0. The van der Waals surface area contributed by atoms with Crippen LogP contribution in [0.4, 0.5) is 4.39 Å². The number of aromatic hydroxyl groups is 1. The maximum atomic E-state index is 13.9. The zero-order valence-electron chi connectivity index (χ0n) is 8.89. The Labute approximate surface area is 89.1 Å². The van der Waals surface area contributed by atoms with Gasteiger partial charge in [-0.1, -0.05) is 6.07 Å². The molecule has 1 aliphatic rings. The minimum atomic E-state index is -0.247. The van der Waals surface area contributed by atoms with Gasteiger partial charge in [0, 0.05) is 18.0 Å². The van der Waals surface area contributed by atoms with E-state index in [1.54, 1.807) is 19.1 Å². The predicted octanol–water partition coefficient (Wildman–Crippen LogP) is 2.31. The summed E-state index contributed by atoms with van der Waals surface area (Å²) in [6.45, 7) is 3.48. The van der Waals surface area contributed by atoms with E-state index < -0.39 is 0 Å². The third-order valence-corrected chi connectivity index (χ3v) is 3.05. The molecule has 0 aliphatic carbocycles. The molecule has 1 atom stereocenters. The number of aryl methyl sites for hydroxylation is 1. The van der Waals surface area contributed by atoms with Crippen molar-refractivity contribution in [2.75, 3.05) is 13.1 Å². The number of hydrogen-bond donors (Lipinski definition) is 2. The van der Waals surface area contributed by atoms with E-state index in [-0.39, 0.29) is 17.5 Å². The van der Waals surface area contributed by atoms with Gasteiger partial charge < -0.3 is 10.4 Å². The maximum Gasteiger partial charge on any atom is 0.133 e. The van der Waals surface area contributed by atoms with Crippen molar-refractivity contribution in [3.63, 3.8) is 0 Å². The van der Waals surface area contributed by atoms with Crippen LogP contribution in [0, 0.1) is 12.7 Å². The fourth-order valence-electron chi connectivity index (χ4n) is 2.18. The zero-order valence-corrected chi connectivity index (χ0v) is 8.89. The lowest BCUT2D eigenvalue weighted by molar-refractivity contribution is 0.409. The summed E-state index contributed by atoms with van der Waals surface area (Å²) in [6.07, 6.45) is 1.98. The summed E-state index contributed by atoms with van der Waals surface area (Å²) in [5, 5.41) is 12.9. The molecule has 0 spiro atoms. The third kappa shape index (κ3) is 1.97. The molecule has 82 valence electrons. The lowest BCUT2D eigenvalue weighted by Crippen LogP contribution is -2.29. The highest BCUT2D eigenvalue weighted by Crippen LogP contribution is 2.33. The molecule has 2 N–H and O–H groups in total. The van der Waals surface area contributed by atoms with E-state index in [2.05, 4.69) is 5.32 Å². The number of nitrogens with one attached hydrogen (secondary N) is 1. The highest BCUT2D eigenvalue weighted by atomic mass is 19.1. The molecule has 3 heteroatoms. The molecule has 1 aromatic carbocycles. The lowest BCUT2D eigenvalue weighted by Gasteiger charge is -2.24. The van der Waals surface area contributed by atoms with Gasteiger partial charge in [-0.25, -0.2) is 4.39 Å². The fraction of sp³-hybridized carbons (Fsp3) is 0.500. The summed E-state index contributed by atoms with van der Waals surface area (Å²) in [6, 6.07) is 3.20. The number of piperidine rings is 1. The van der Waals surface area contributed by atoms with Gasteiger partial charge in [-0.05, 0) is 37.9 Å². The molecule has 2 rings (SSSR count). The molecule has 2 nitrogen and oxygen atoms in total. The van der Waals surface area contributed by atoms with E-state index in [0.29, 0.717) is 11.1 Å². The molecular weight excluding hydrogens is 193 g/mol. The first-order chi connectivity index (χ1) is 7.20. The molecule has 0 bridgehead atoms. The molecule has 0 amide bonds. The number of rotatable bonds is 1. The SMILES string of the molecule is Cc1ccc(O)c(C2CCCNC2)c1F. The predicted molar refractivity (Wildman–Crippen MR) is 57.6 cm³/mol. The summed E-state index contributed by atoms with van der Waals surface area (Å²) in [5.74, 6) is -0.0471. The fourth-order valence-corrected chi connectivity index (χ4v) is 2.18. The summed E-state index contributed by atoms with van der Waals surface area (Å²) < 4.78 is 13.9. The molecule has 0 aromatic heterocycles. The second-order valence-corrected chi connectivity index (χ2v) is 4.17. The summed E-state index contributed by atoms with van der Waals surface area (Å²) in [5.41, 5.74) is 1.09. The van der Waals surface area contributed by atoms with Gasteiger partial charge in [-0.2, -0.15) is 0 Å². The van der Waals surface area contributed by atoms with Crippen molar-refractivity contribution in [1.82, 2.24) is 5.32 Å². The van der Waals surface area contributed by atoms with Crippen molar-refractivity contribution in [2.24, 2.45) is 0 Å². The molecule has 0 saturated carbocycles. The topological polar surface area (TPSA) is 32.3 Å². The van der Waals surface area contributed by atoms with Crippen LogP contribution in [-0.4, -0.2) is 18.2 Å². The Bertz CT molecular complexity index is 359. The van der Waals surface area contributed by atoms with Gasteiger partial charge in [0.05, 0.1) is 0 Å². The van der Waals surface area contributed by atoms with Crippen molar-refractivity contribution in [2.45, 2.75) is 25.7 Å². The van der Waals surface area contributed by atoms with Crippen LogP contribution in [0.15, 0.2) is 12.1 Å². The molecule has 0 radical (unpaired) electrons. The van der Waals surface area contributed by atoms with Crippen LogP contribution in [-0.2, 0) is 0 Å². The van der Waals surface area contributed by atoms with Crippen molar-refractivity contribution in [3.8, 4) is 5.75 Å². The molecule has 1 aliphatic heterocycles. The molecule has 1 fully saturated rings. The smallest absolute Gasteiger partial charge is 0.133 e. The molecule has 1 saturated heterocycles. The highest BCUT2D eigenvalue weighted by molar-refractivity contribution is 5.40. The third-order valence-electron chi connectivity index (χ3n) is 3.05. The van der Waals surface area contributed by atoms with E-state index in [1.165, 1.54) is 0 Å². The second kappa shape index (κ2) is 4.19. The van der Waals surface area contributed by atoms with Crippen LogP contribution < -0.4 is 5.32 Å². The standard InChI is InChI=1S/C12H16FNO/c1-8-4-5-10(15)11(12(8)13)9-3-2-6-14-7-9/h4-5,9,14-15H,2-3,6-7H2,1H3. The van der Waals surface area contributed by atoms with E-state index >= 15 is 0 Å². The Hall–Kier alpha value is -1.09. The quantitative estimate of drug-likeness (QED) is 0.744. The van der Waals surface area contributed by atoms with Crippen molar-refractivity contribution in [1.29, 1.82) is 0 Å². The molecule has 1 heterocycles. The average Bonchev–Trinajstić information content (AvgIpc) is 2.26. The Morgan fingerprint density at radius 2 is 2.27 bits per heavy atom. The first-order valence-electron chi connectivity index (χ1n) is 5.39. The van der Waals surface area contributed by atoms with Gasteiger partial charge in [0.25, 0.3) is 0 Å². The Balaban J connectivity index is 2.36. The van der Waals surface area contributed by atoms with Crippen LogP contribution in [0.3, 0.4) is 0 Å². The Morgan fingerprint density at radius 1 is 1.47 bits per heavy atom. The monoisotopic (exact) mass is 209 g/mol. The zero-order chi connectivity index (χ0) is 10.8. The van der Waals surface area contributed by atoms with E-state index in [4.69, 9.17) is 0 Å². The molecule has 1 unspecified atom stereocenters. The molecular formula is C12H16FNO. The van der Waals surface area contributed by atoms with Gasteiger partial charge >= 0.3 is 0 Å². The average molecular weight is 209 g/mol. The minimum absolute atomic E-state index is 0.0896. The molecule has 1 aromatic rings. The van der Waals surface area contributed by atoms with Crippen LogP contribution in [0.2, 0.25) is 0 Å². The first-order valence-corrected chi connectivity index (χ1v) is 5.39. The van der Waals surface area contributed by atoms with Crippen LogP contribution in [0.1, 0.15) is 29.9 Å². The largest absolute Gasteiger partial charge is 0.508 e. The van der Waals surface area contributed by atoms with Gasteiger partial charge in [0.15, 0.2) is 0 Å². The van der Waals surface area contributed by atoms with E-state index in [0.717, 1.165) is 25.9 Å². The Kier molecular flexibility index (Phi) is 2.91. The van der Waals surface area contributed by atoms with Gasteiger partial charge in [0.1, 0.15) is 11.6 Å². The lowest BCUT2D eigenvalue weighted by atomic mass is 9.89. The number of phenolic OH excluding ortho intramolecular Hbond substituents is 1. The number of halogens is 1. The van der Waals surface area contributed by atoms with Crippen LogP contribution in [0.5, 0.6) is 5.75 Å². The number of hydrogen-bond acceptors (Lipinski definition) is 2. The molecule has 15 heavy (non-hydrogen) atoms. The summed E-state index contributed by atoms with van der Waals surface area (Å²) >= 11 is 0. The summed E-state index contributed by atoms with van der Waals surface area (Å²) in [7, 11) is 0. The van der Waals surface area contributed by atoms with Crippen LogP contribution >= 0.6 is 0 Å². The maximum absolute atomic E-state index is 13.9. The second-order valence-electron chi connectivity index (χ2n) is 4.17. The highest BCUT2D eigenvalue weighted by Gasteiger charge is 2.22. The van der Waals surface area contributed by atoms with Gasteiger partial charge in [0.2, 0.25) is 0 Å². The number of phenols is 1. The minimum Gasteiger partial charge on any atom is -0.508 e. The first kappa shape index (κ1) is 10.4. The van der Waals surface area contributed by atoms with Crippen molar-refractivity contribution < 1.29 is 9.50 Å². The van der Waals surface area contributed by atoms with E-state index in [9.17, 15) is 9.50 Å².